The van der Waals surface area contributed by atoms with Crippen LogP contribution in [0.5, 0.6) is 0 Å². The van der Waals surface area contributed by atoms with Gasteiger partial charge in [-0.05, 0) is 37.0 Å². The summed E-state index contributed by atoms with van der Waals surface area (Å²) in [4.78, 5) is -0.429. The molecule has 0 saturated heterocycles. The van der Waals surface area contributed by atoms with Crippen molar-refractivity contribution in [1.29, 1.82) is 5.26 Å². The maximum Gasteiger partial charge on any atom is 0.244 e. The van der Waals surface area contributed by atoms with Crippen LogP contribution in [0.25, 0.3) is 0 Å². The number of hydrogen-bond donors (Lipinski definition) is 1. The van der Waals surface area contributed by atoms with Gasteiger partial charge in [-0.25, -0.2) is 12.8 Å². The molecular formula is C14H16BrFN2O2S. The Hall–Kier alpha value is -0.970. The van der Waals surface area contributed by atoms with E-state index >= 15 is 0 Å². The minimum absolute atomic E-state index is 0.00275. The average molecular weight is 375 g/mol. The van der Waals surface area contributed by atoms with Gasteiger partial charge in [0.15, 0.2) is 0 Å². The third kappa shape index (κ3) is 4.02. The van der Waals surface area contributed by atoms with Crippen molar-refractivity contribution in [3.8, 4) is 6.07 Å². The summed E-state index contributed by atoms with van der Waals surface area (Å²) < 4.78 is 41.1. The molecule has 114 valence electrons. The van der Waals surface area contributed by atoms with E-state index < -0.39 is 26.8 Å². The quantitative estimate of drug-likeness (QED) is 0.878. The Bertz CT molecular complexity index is 651. The molecule has 1 saturated carbocycles. The fraction of sp³-hybridized carbons (Fsp3) is 0.500. The zero-order valence-electron chi connectivity index (χ0n) is 11.4. The molecule has 1 aromatic rings. The molecular weight excluding hydrogens is 359 g/mol. The number of hydrogen-bond acceptors (Lipinski definition) is 3. The van der Waals surface area contributed by atoms with Gasteiger partial charge < -0.3 is 0 Å². The van der Waals surface area contributed by atoms with Crippen molar-refractivity contribution < 1.29 is 12.8 Å². The Labute approximate surface area is 132 Å². The van der Waals surface area contributed by atoms with E-state index in [0.717, 1.165) is 38.2 Å². The molecule has 0 heterocycles. The highest BCUT2D eigenvalue weighted by atomic mass is 79.9. The van der Waals surface area contributed by atoms with E-state index in [1.54, 1.807) is 0 Å². The summed E-state index contributed by atoms with van der Waals surface area (Å²) in [6.45, 7) is 0. The number of nitrogens with zero attached hydrogens (tertiary/aromatic N) is 1. The van der Waals surface area contributed by atoms with E-state index in [9.17, 15) is 18.1 Å². The fourth-order valence-electron chi connectivity index (χ4n) is 2.62. The number of benzene rings is 1. The van der Waals surface area contributed by atoms with E-state index in [4.69, 9.17) is 0 Å². The molecule has 1 fully saturated rings. The largest absolute Gasteiger partial charge is 0.244 e. The van der Waals surface area contributed by atoms with Gasteiger partial charge >= 0.3 is 0 Å². The standard InChI is InChI=1S/C14H16BrFN2O2S/c15-11-6-7-14(12(16)8-11)21(19,20)18-13(9-17)10-4-2-1-3-5-10/h6-8,10,13,18H,1-5H2. The van der Waals surface area contributed by atoms with Gasteiger partial charge in [-0.15, -0.1) is 0 Å². The monoisotopic (exact) mass is 374 g/mol. The number of sulfonamides is 1. The molecule has 0 bridgehead atoms. The second-order valence-corrected chi connectivity index (χ2v) is 7.80. The summed E-state index contributed by atoms with van der Waals surface area (Å²) in [5.74, 6) is -0.839. The van der Waals surface area contributed by atoms with Crippen molar-refractivity contribution in [1.82, 2.24) is 4.72 Å². The molecule has 1 N–H and O–H groups in total. The lowest BCUT2D eigenvalue weighted by Crippen LogP contribution is -2.40. The molecule has 7 heteroatoms. The Morgan fingerprint density at radius 3 is 2.57 bits per heavy atom. The maximum absolute atomic E-state index is 13.8. The van der Waals surface area contributed by atoms with Crippen LogP contribution in [-0.2, 0) is 10.0 Å². The summed E-state index contributed by atoms with van der Waals surface area (Å²) in [6, 6.07) is 4.94. The molecule has 4 nitrogen and oxygen atoms in total. The summed E-state index contributed by atoms with van der Waals surface area (Å²) in [6.07, 6.45) is 4.75. The number of halogens is 2. The first-order valence-corrected chi connectivity index (χ1v) is 9.08. The SMILES string of the molecule is N#CC(NS(=O)(=O)c1ccc(Br)cc1F)C1CCCCC1. The molecule has 0 radical (unpaired) electrons. The van der Waals surface area contributed by atoms with E-state index in [0.29, 0.717) is 4.47 Å². The molecule has 0 aliphatic heterocycles. The Kier molecular flexibility index (Phi) is 5.36. The summed E-state index contributed by atoms with van der Waals surface area (Å²) in [5.41, 5.74) is 0. The first-order chi connectivity index (χ1) is 9.94. The average Bonchev–Trinajstić information content (AvgIpc) is 2.45. The molecule has 1 aliphatic carbocycles. The third-order valence-electron chi connectivity index (χ3n) is 3.73. The highest BCUT2D eigenvalue weighted by Gasteiger charge is 2.29. The van der Waals surface area contributed by atoms with Gasteiger partial charge in [-0.2, -0.15) is 9.98 Å². The molecule has 0 aromatic heterocycles. The predicted octanol–water partition coefficient (Wildman–Crippen LogP) is 3.34. The second kappa shape index (κ2) is 6.86. The van der Waals surface area contributed by atoms with Crippen molar-refractivity contribution in [2.45, 2.75) is 43.0 Å². The molecule has 1 aromatic carbocycles. The minimum Gasteiger partial charge on any atom is -0.207 e. The molecule has 21 heavy (non-hydrogen) atoms. The van der Waals surface area contributed by atoms with Gasteiger partial charge in [0.05, 0.1) is 6.07 Å². The lowest BCUT2D eigenvalue weighted by Gasteiger charge is -2.26. The molecule has 1 aliphatic rings. The minimum atomic E-state index is -4.04. The lowest BCUT2D eigenvalue weighted by molar-refractivity contribution is 0.323. The van der Waals surface area contributed by atoms with Gasteiger partial charge in [0, 0.05) is 4.47 Å². The molecule has 1 atom stereocenters. The maximum atomic E-state index is 13.8. The van der Waals surface area contributed by atoms with Gasteiger partial charge in [0.1, 0.15) is 16.8 Å². The highest BCUT2D eigenvalue weighted by Crippen LogP contribution is 2.27. The van der Waals surface area contributed by atoms with Crippen molar-refractivity contribution in [2.24, 2.45) is 5.92 Å². The smallest absolute Gasteiger partial charge is 0.207 e. The van der Waals surface area contributed by atoms with Crippen LogP contribution in [0, 0.1) is 23.1 Å². The van der Waals surface area contributed by atoms with Crippen LogP contribution >= 0.6 is 15.9 Å². The van der Waals surface area contributed by atoms with Gasteiger partial charge in [0.2, 0.25) is 10.0 Å². The summed E-state index contributed by atoms with van der Waals surface area (Å²) in [5, 5.41) is 9.22. The van der Waals surface area contributed by atoms with Crippen LogP contribution < -0.4 is 4.72 Å². The first kappa shape index (κ1) is 16.4. The zero-order valence-corrected chi connectivity index (χ0v) is 13.8. The Balaban J connectivity index is 2.21. The topological polar surface area (TPSA) is 70.0 Å². The molecule has 0 spiro atoms. The van der Waals surface area contributed by atoms with Crippen LogP contribution in [0.4, 0.5) is 4.39 Å². The van der Waals surface area contributed by atoms with Crippen molar-refractivity contribution >= 4 is 26.0 Å². The predicted molar refractivity (Wildman–Crippen MR) is 80.4 cm³/mol. The molecule has 1 unspecified atom stereocenters. The number of rotatable bonds is 4. The van der Waals surface area contributed by atoms with Gasteiger partial charge in [0.25, 0.3) is 0 Å². The van der Waals surface area contributed by atoms with Crippen LogP contribution in [0.15, 0.2) is 27.6 Å². The van der Waals surface area contributed by atoms with Crippen molar-refractivity contribution in [3.05, 3.63) is 28.5 Å². The number of nitriles is 1. The van der Waals surface area contributed by atoms with Crippen LogP contribution in [-0.4, -0.2) is 14.5 Å². The number of nitrogens with one attached hydrogen (secondary N) is 1. The van der Waals surface area contributed by atoms with Gasteiger partial charge in [-0.3, -0.25) is 0 Å². The van der Waals surface area contributed by atoms with E-state index in [1.807, 2.05) is 6.07 Å². The summed E-state index contributed by atoms with van der Waals surface area (Å²) in [7, 11) is -4.04. The highest BCUT2D eigenvalue weighted by molar-refractivity contribution is 9.10. The molecule has 2 rings (SSSR count). The van der Waals surface area contributed by atoms with E-state index in [1.165, 1.54) is 12.1 Å². The van der Waals surface area contributed by atoms with E-state index in [2.05, 4.69) is 20.7 Å². The second-order valence-electron chi connectivity index (χ2n) is 5.20. The lowest BCUT2D eigenvalue weighted by atomic mass is 9.85. The van der Waals surface area contributed by atoms with Crippen LogP contribution in [0.3, 0.4) is 0 Å². The normalized spacial score (nSPS) is 18.1. The van der Waals surface area contributed by atoms with E-state index in [-0.39, 0.29) is 5.92 Å². The Morgan fingerprint density at radius 2 is 2.00 bits per heavy atom. The van der Waals surface area contributed by atoms with Gasteiger partial charge in [-0.1, -0.05) is 35.2 Å². The van der Waals surface area contributed by atoms with Crippen molar-refractivity contribution in [3.63, 3.8) is 0 Å². The van der Waals surface area contributed by atoms with Crippen molar-refractivity contribution in [2.75, 3.05) is 0 Å². The van der Waals surface area contributed by atoms with Crippen LogP contribution in [0.2, 0.25) is 0 Å². The fourth-order valence-corrected chi connectivity index (χ4v) is 4.22. The Morgan fingerprint density at radius 1 is 1.33 bits per heavy atom. The first-order valence-electron chi connectivity index (χ1n) is 6.81. The third-order valence-corrected chi connectivity index (χ3v) is 5.69. The zero-order chi connectivity index (χ0) is 15.5. The summed E-state index contributed by atoms with van der Waals surface area (Å²) >= 11 is 3.08. The molecule has 0 amide bonds. The van der Waals surface area contributed by atoms with Crippen LogP contribution in [0.1, 0.15) is 32.1 Å².